The minimum Gasteiger partial charge on any atom is -0.334 e. The van der Waals surface area contributed by atoms with Gasteiger partial charge in [-0.1, -0.05) is 32.7 Å². The van der Waals surface area contributed by atoms with Crippen LogP contribution in [0.15, 0.2) is 27.2 Å². The standard InChI is InChI=1S/C14H16BrClN4O/c15-9-3-4-10(11(16)7-9)14-18-13(19-21-14)12(17)8-20-5-1-2-6-20/h3-4,7,12H,1-2,5-6,8,17H2. The van der Waals surface area contributed by atoms with Crippen molar-refractivity contribution in [3.05, 3.63) is 33.5 Å². The van der Waals surface area contributed by atoms with E-state index < -0.39 is 0 Å². The van der Waals surface area contributed by atoms with Crippen molar-refractivity contribution in [3.63, 3.8) is 0 Å². The molecule has 7 heteroatoms. The molecule has 112 valence electrons. The zero-order valence-electron chi connectivity index (χ0n) is 11.4. The van der Waals surface area contributed by atoms with Gasteiger partial charge in [0.2, 0.25) is 0 Å². The first-order valence-corrected chi connectivity index (χ1v) is 8.07. The molecule has 1 fully saturated rings. The van der Waals surface area contributed by atoms with Crippen LogP contribution in [0.2, 0.25) is 5.02 Å². The number of hydrogen-bond acceptors (Lipinski definition) is 5. The molecular weight excluding hydrogens is 356 g/mol. The van der Waals surface area contributed by atoms with Crippen LogP contribution in [0.5, 0.6) is 0 Å². The fourth-order valence-electron chi connectivity index (χ4n) is 2.48. The maximum atomic E-state index is 6.19. The van der Waals surface area contributed by atoms with Crippen molar-refractivity contribution in [3.8, 4) is 11.5 Å². The van der Waals surface area contributed by atoms with Crippen LogP contribution in [0.4, 0.5) is 0 Å². The molecule has 0 spiro atoms. The fourth-order valence-corrected chi connectivity index (χ4v) is 3.24. The number of halogens is 2. The van der Waals surface area contributed by atoms with Gasteiger partial charge in [0.15, 0.2) is 5.82 Å². The summed E-state index contributed by atoms with van der Waals surface area (Å²) < 4.78 is 6.20. The van der Waals surface area contributed by atoms with E-state index in [1.165, 1.54) is 12.8 Å². The van der Waals surface area contributed by atoms with Crippen molar-refractivity contribution in [2.75, 3.05) is 19.6 Å². The number of rotatable bonds is 4. The summed E-state index contributed by atoms with van der Waals surface area (Å²) in [6.45, 7) is 2.95. The fraction of sp³-hybridized carbons (Fsp3) is 0.429. The number of benzene rings is 1. The number of nitrogens with two attached hydrogens (primary N) is 1. The molecule has 0 saturated carbocycles. The lowest BCUT2D eigenvalue weighted by molar-refractivity contribution is 0.306. The van der Waals surface area contributed by atoms with E-state index in [-0.39, 0.29) is 6.04 Å². The Morgan fingerprint density at radius 3 is 2.86 bits per heavy atom. The highest BCUT2D eigenvalue weighted by Gasteiger charge is 2.21. The van der Waals surface area contributed by atoms with Crippen LogP contribution in [-0.4, -0.2) is 34.7 Å². The summed E-state index contributed by atoms with van der Waals surface area (Å²) in [5, 5.41) is 4.55. The summed E-state index contributed by atoms with van der Waals surface area (Å²) in [6, 6.07) is 5.28. The van der Waals surface area contributed by atoms with Crippen molar-refractivity contribution in [1.82, 2.24) is 15.0 Å². The molecule has 1 aromatic carbocycles. The molecular formula is C14H16BrClN4O. The predicted molar refractivity (Wildman–Crippen MR) is 85.0 cm³/mol. The average molecular weight is 372 g/mol. The van der Waals surface area contributed by atoms with Crippen LogP contribution in [-0.2, 0) is 0 Å². The van der Waals surface area contributed by atoms with E-state index in [0.717, 1.165) is 24.1 Å². The van der Waals surface area contributed by atoms with Gasteiger partial charge in [-0.05, 0) is 44.1 Å². The van der Waals surface area contributed by atoms with Crippen LogP contribution >= 0.6 is 27.5 Å². The maximum absolute atomic E-state index is 6.19. The molecule has 1 atom stereocenters. The lowest BCUT2D eigenvalue weighted by Crippen LogP contribution is -2.30. The normalized spacial score (nSPS) is 17.3. The van der Waals surface area contributed by atoms with Gasteiger partial charge in [-0.2, -0.15) is 4.98 Å². The van der Waals surface area contributed by atoms with Gasteiger partial charge in [-0.25, -0.2) is 0 Å². The molecule has 1 aliphatic heterocycles. The summed E-state index contributed by atoms with van der Waals surface area (Å²) in [5.74, 6) is 0.926. The predicted octanol–water partition coefficient (Wildman–Crippen LogP) is 3.25. The molecule has 2 heterocycles. The second-order valence-corrected chi connectivity index (χ2v) is 6.52. The highest BCUT2D eigenvalue weighted by Crippen LogP contribution is 2.29. The Morgan fingerprint density at radius 2 is 2.14 bits per heavy atom. The Morgan fingerprint density at radius 1 is 1.38 bits per heavy atom. The monoisotopic (exact) mass is 370 g/mol. The summed E-state index contributed by atoms with van der Waals surface area (Å²) in [7, 11) is 0. The Kier molecular flexibility index (Phi) is 4.59. The van der Waals surface area contributed by atoms with Gasteiger partial charge in [0.25, 0.3) is 5.89 Å². The summed E-state index contributed by atoms with van der Waals surface area (Å²) in [5.41, 5.74) is 6.88. The number of nitrogens with zero attached hydrogens (tertiary/aromatic N) is 3. The van der Waals surface area contributed by atoms with E-state index >= 15 is 0 Å². The Balaban J connectivity index is 1.76. The van der Waals surface area contributed by atoms with E-state index in [1.807, 2.05) is 12.1 Å². The highest BCUT2D eigenvalue weighted by molar-refractivity contribution is 9.10. The molecule has 2 N–H and O–H groups in total. The second kappa shape index (κ2) is 6.44. The molecule has 0 amide bonds. The largest absolute Gasteiger partial charge is 0.334 e. The highest BCUT2D eigenvalue weighted by atomic mass is 79.9. The van der Waals surface area contributed by atoms with Crippen LogP contribution in [0.3, 0.4) is 0 Å². The number of aromatic nitrogens is 2. The summed E-state index contributed by atoms with van der Waals surface area (Å²) >= 11 is 9.56. The Hall–Kier alpha value is -0.950. The first-order chi connectivity index (χ1) is 10.1. The number of hydrogen-bond donors (Lipinski definition) is 1. The molecule has 1 saturated heterocycles. The molecule has 3 rings (SSSR count). The van der Waals surface area contributed by atoms with E-state index in [0.29, 0.717) is 22.3 Å². The molecule has 21 heavy (non-hydrogen) atoms. The van der Waals surface area contributed by atoms with Gasteiger partial charge in [0.1, 0.15) is 0 Å². The molecule has 1 aromatic heterocycles. The topological polar surface area (TPSA) is 68.2 Å². The van der Waals surface area contributed by atoms with E-state index in [2.05, 4.69) is 31.0 Å². The van der Waals surface area contributed by atoms with Crippen molar-refractivity contribution in [1.29, 1.82) is 0 Å². The molecule has 1 unspecified atom stereocenters. The van der Waals surface area contributed by atoms with E-state index in [1.54, 1.807) is 6.07 Å². The third kappa shape index (κ3) is 3.45. The molecule has 0 radical (unpaired) electrons. The van der Waals surface area contributed by atoms with Gasteiger partial charge in [-0.15, -0.1) is 0 Å². The van der Waals surface area contributed by atoms with Crippen molar-refractivity contribution in [2.24, 2.45) is 5.73 Å². The molecule has 2 aromatic rings. The quantitative estimate of drug-likeness (QED) is 0.893. The van der Waals surface area contributed by atoms with Crippen LogP contribution in [0.1, 0.15) is 24.7 Å². The first-order valence-electron chi connectivity index (χ1n) is 6.90. The van der Waals surface area contributed by atoms with Crippen molar-refractivity contribution >= 4 is 27.5 Å². The SMILES string of the molecule is NC(CN1CCCC1)c1noc(-c2ccc(Br)cc2Cl)n1. The molecule has 0 aliphatic carbocycles. The molecule has 0 bridgehead atoms. The average Bonchev–Trinajstić information content (AvgIpc) is 3.09. The molecule has 5 nitrogen and oxygen atoms in total. The zero-order valence-corrected chi connectivity index (χ0v) is 13.8. The van der Waals surface area contributed by atoms with E-state index in [9.17, 15) is 0 Å². The summed E-state index contributed by atoms with van der Waals surface area (Å²) in [6.07, 6.45) is 2.47. The summed E-state index contributed by atoms with van der Waals surface area (Å²) in [4.78, 5) is 6.71. The lowest BCUT2D eigenvalue weighted by atomic mass is 10.2. The van der Waals surface area contributed by atoms with Crippen molar-refractivity contribution in [2.45, 2.75) is 18.9 Å². The maximum Gasteiger partial charge on any atom is 0.259 e. The third-order valence-corrected chi connectivity index (χ3v) is 4.39. The van der Waals surface area contributed by atoms with Gasteiger partial charge < -0.3 is 15.2 Å². The van der Waals surface area contributed by atoms with Crippen LogP contribution in [0.25, 0.3) is 11.5 Å². The number of likely N-dealkylation sites (tertiary alicyclic amines) is 1. The third-order valence-electron chi connectivity index (χ3n) is 3.59. The Bertz CT molecular complexity index is 627. The minimum atomic E-state index is -0.241. The molecule has 1 aliphatic rings. The van der Waals surface area contributed by atoms with Gasteiger partial charge in [-0.3, -0.25) is 0 Å². The zero-order chi connectivity index (χ0) is 14.8. The van der Waals surface area contributed by atoms with Crippen LogP contribution in [0, 0.1) is 0 Å². The van der Waals surface area contributed by atoms with Gasteiger partial charge in [0.05, 0.1) is 16.6 Å². The Labute approximate surface area is 136 Å². The van der Waals surface area contributed by atoms with E-state index in [4.69, 9.17) is 21.9 Å². The smallest absolute Gasteiger partial charge is 0.259 e. The van der Waals surface area contributed by atoms with Crippen LogP contribution < -0.4 is 5.73 Å². The minimum absolute atomic E-state index is 0.241. The van der Waals surface area contributed by atoms with Crippen molar-refractivity contribution < 1.29 is 4.52 Å². The second-order valence-electron chi connectivity index (χ2n) is 5.20. The lowest BCUT2D eigenvalue weighted by Gasteiger charge is -2.17. The van der Waals surface area contributed by atoms with Gasteiger partial charge >= 0.3 is 0 Å². The van der Waals surface area contributed by atoms with Gasteiger partial charge in [0, 0.05) is 11.0 Å². The first kappa shape index (κ1) is 15.0.